The molecular formula is C28H43FN6O3. The van der Waals surface area contributed by atoms with Crippen LogP contribution in [0.4, 0.5) is 16.0 Å². The summed E-state index contributed by atoms with van der Waals surface area (Å²) in [5.74, 6) is 0.501. The molecular weight excluding hydrogens is 487 g/mol. The number of carbonyl (C=O) groups is 1. The zero-order valence-corrected chi connectivity index (χ0v) is 23.2. The molecule has 3 N–H and O–H groups in total. The van der Waals surface area contributed by atoms with Crippen LogP contribution >= 0.6 is 0 Å². The molecule has 38 heavy (non-hydrogen) atoms. The van der Waals surface area contributed by atoms with Crippen LogP contribution in [0.3, 0.4) is 0 Å². The third-order valence-electron chi connectivity index (χ3n) is 6.70. The minimum absolute atomic E-state index is 0.0136. The van der Waals surface area contributed by atoms with Crippen molar-refractivity contribution >= 4 is 17.6 Å². The Morgan fingerprint density at radius 3 is 2.82 bits per heavy atom. The van der Waals surface area contributed by atoms with Crippen LogP contribution < -0.4 is 10.6 Å². The molecule has 2 aromatic rings. The molecule has 0 spiro atoms. The van der Waals surface area contributed by atoms with Gasteiger partial charge in [-0.2, -0.15) is 0 Å². The van der Waals surface area contributed by atoms with Crippen molar-refractivity contribution in [3.8, 4) is 0 Å². The lowest BCUT2D eigenvalue weighted by Gasteiger charge is -2.26. The third kappa shape index (κ3) is 9.47. The minimum atomic E-state index is -1.14. The number of methoxy groups -OCH3 is 1. The molecule has 0 radical (unpaired) electrons. The number of hydrogen-bond donors (Lipinski definition) is 3. The monoisotopic (exact) mass is 530 g/mol. The van der Waals surface area contributed by atoms with Gasteiger partial charge in [-0.05, 0) is 56.7 Å². The second-order valence-corrected chi connectivity index (χ2v) is 11.0. The summed E-state index contributed by atoms with van der Waals surface area (Å²) in [6.07, 6.45) is 5.44. The molecule has 1 aliphatic rings. The lowest BCUT2D eigenvalue weighted by molar-refractivity contribution is -0.138. The zero-order valence-electron chi connectivity index (χ0n) is 23.2. The third-order valence-corrected chi connectivity index (χ3v) is 6.70. The number of nitrogens with one attached hydrogen (secondary N) is 2. The van der Waals surface area contributed by atoms with Crippen molar-refractivity contribution in [2.24, 2.45) is 0 Å². The lowest BCUT2D eigenvalue weighted by atomic mass is 9.92. The van der Waals surface area contributed by atoms with Crippen molar-refractivity contribution in [3.05, 3.63) is 41.5 Å². The van der Waals surface area contributed by atoms with E-state index in [9.17, 15) is 14.3 Å². The van der Waals surface area contributed by atoms with Crippen molar-refractivity contribution in [2.45, 2.75) is 76.9 Å². The van der Waals surface area contributed by atoms with Gasteiger partial charge in [0.05, 0.1) is 12.3 Å². The number of aliphatic carboxylic acids is 1. The number of carboxylic acids is 1. The first-order chi connectivity index (χ1) is 18.2. The summed E-state index contributed by atoms with van der Waals surface area (Å²) in [6, 6.07) is 5.19. The molecule has 0 amide bonds. The summed E-state index contributed by atoms with van der Waals surface area (Å²) in [4.78, 5) is 27.3. The van der Waals surface area contributed by atoms with Crippen molar-refractivity contribution in [3.63, 3.8) is 0 Å². The van der Waals surface area contributed by atoms with E-state index in [0.29, 0.717) is 25.3 Å². The average Bonchev–Trinajstić information content (AvgIpc) is 2.88. The highest BCUT2D eigenvalue weighted by Gasteiger charge is 2.22. The fourth-order valence-electron chi connectivity index (χ4n) is 4.55. The van der Waals surface area contributed by atoms with Crippen molar-refractivity contribution in [2.75, 3.05) is 50.5 Å². The van der Waals surface area contributed by atoms with E-state index in [4.69, 9.17) is 9.72 Å². The van der Waals surface area contributed by atoms with E-state index in [1.165, 1.54) is 19.0 Å². The first-order valence-electron chi connectivity index (χ1n) is 13.6. The van der Waals surface area contributed by atoms with Crippen LogP contribution in [0.1, 0.15) is 63.4 Å². The topological polar surface area (TPSA) is 113 Å². The fourth-order valence-corrected chi connectivity index (χ4v) is 4.55. The van der Waals surface area contributed by atoms with Gasteiger partial charge in [-0.1, -0.05) is 26.8 Å². The van der Waals surface area contributed by atoms with E-state index in [0.717, 1.165) is 55.9 Å². The van der Waals surface area contributed by atoms with E-state index in [1.807, 2.05) is 25.7 Å². The number of alkyl halides is 1. The molecule has 0 saturated heterocycles. The first-order valence-corrected chi connectivity index (χ1v) is 13.6. The van der Waals surface area contributed by atoms with Gasteiger partial charge in [-0.25, -0.2) is 24.1 Å². The highest BCUT2D eigenvalue weighted by Crippen LogP contribution is 2.22. The Kier molecular flexibility index (Phi) is 11.2. The van der Waals surface area contributed by atoms with E-state index >= 15 is 0 Å². The van der Waals surface area contributed by atoms with Gasteiger partial charge in [0.15, 0.2) is 0 Å². The maximum Gasteiger partial charge on any atom is 0.326 e. The number of pyridine rings is 1. The molecule has 3 rings (SSSR count). The maximum atomic E-state index is 14.4. The highest BCUT2D eigenvalue weighted by atomic mass is 19.1. The van der Waals surface area contributed by atoms with Gasteiger partial charge in [0.1, 0.15) is 30.2 Å². The summed E-state index contributed by atoms with van der Waals surface area (Å²) in [5, 5.41) is 16.2. The zero-order chi connectivity index (χ0) is 27.5. The summed E-state index contributed by atoms with van der Waals surface area (Å²) in [7, 11) is 1.48. The van der Waals surface area contributed by atoms with Gasteiger partial charge in [0.2, 0.25) is 0 Å². The molecule has 0 saturated carbocycles. The van der Waals surface area contributed by atoms with Crippen molar-refractivity contribution in [1.29, 1.82) is 0 Å². The Hall–Kier alpha value is -2.85. The second-order valence-electron chi connectivity index (χ2n) is 11.0. The number of aryl methyl sites for hydroxylation is 2. The van der Waals surface area contributed by atoms with Gasteiger partial charge >= 0.3 is 5.97 Å². The number of ether oxygens (including phenoxy) is 1. The molecule has 0 aliphatic carbocycles. The van der Waals surface area contributed by atoms with Crippen molar-refractivity contribution in [1.82, 2.24) is 19.9 Å². The van der Waals surface area contributed by atoms with Gasteiger partial charge in [0, 0.05) is 43.9 Å². The number of unbranched alkanes of at least 4 members (excludes halogenated alkanes) is 1. The predicted octanol–water partition coefficient (Wildman–Crippen LogP) is 4.09. The first kappa shape index (κ1) is 29.7. The van der Waals surface area contributed by atoms with Gasteiger partial charge in [0.25, 0.3) is 0 Å². The largest absolute Gasteiger partial charge is 0.480 e. The summed E-state index contributed by atoms with van der Waals surface area (Å²) in [6.45, 7) is 8.40. The fraction of sp³-hybridized carbons (Fsp3) is 0.643. The van der Waals surface area contributed by atoms with E-state index in [-0.39, 0.29) is 18.6 Å². The number of nitrogens with zero attached hydrogens (tertiary/aromatic N) is 4. The smallest absolute Gasteiger partial charge is 0.326 e. The summed E-state index contributed by atoms with van der Waals surface area (Å²) < 4.78 is 19.4. The van der Waals surface area contributed by atoms with Crippen LogP contribution in [0.5, 0.6) is 0 Å². The summed E-state index contributed by atoms with van der Waals surface area (Å²) in [5.41, 5.74) is 2.97. The van der Waals surface area contributed by atoms with Crippen LogP contribution in [0.25, 0.3) is 0 Å². The predicted molar refractivity (Wildman–Crippen MR) is 148 cm³/mol. The van der Waals surface area contributed by atoms with Crippen molar-refractivity contribution < 1.29 is 19.0 Å². The number of hydrogen-bond acceptors (Lipinski definition) is 8. The standard InChI is InChI=1S/C28H43FN6O3/c1-28(2,3)24-16-25(32-19-31-24)34-23(27(36)37)12-15-35(17-21(29)18-38-4)14-6-5-9-22-11-10-20-8-7-13-30-26(20)33-22/h10-11,16,19,21,23H,5-9,12-15,17-18H2,1-4H3,(H,30,33)(H,36,37)(H,31,32,34)/t21-,23-/m0/s1. The molecule has 0 unspecified atom stereocenters. The van der Waals surface area contributed by atoms with Crippen LogP contribution in [-0.4, -0.2) is 83.0 Å². The number of rotatable bonds is 15. The number of fused-ring (bicyclic) bond motifs is 1. The molecule has 2 atom stereocenters. The molecule has 10 heteroatoms. The normalized spacial score (nSPS) is 15.0. The molecule has 1 aliphatic heterocycles. The number of halogens is 1. The Balaban J connectivity index is 1.55. The maximum absolute atomic E-state index is 14.4. The number of anilines is 2. The van der Waals surface area contributed by atoms with Gasteiger partial charge in [-0.15, -0.1) is 0 Å². The minimum Gasteiger partial charge on any atom is -0.480 e. The Morgan fingerprint density at radius 1 is 1.26 bits per heavy atom. The van der Waals surface area contributed by atoms with E-state index in [1.54, 1.807) is 6.07 Å². The SMILES string of the molecule is COC[C@@H](F)CN(CCCCc1ccc2c(n1)NCCC2)CC[C@H](Nc1cc(C(C)(C)C)ncn1)C(=O)O. The molecule has 0 aromatic carbocycles. The Labute approximate surface area is 225 Å². The molecule has 210 valence electrons. The molecule has 0 fully saturated rings. The Morgan fingerprint density at radius 2 is 2.08 bits per heavy atom. The lowest BCUT2D eigenvalue weighted by Crippen LogP contribution is -2.39. The van der Waals surface area contributed by atoms with E-state index in [2.05, 4.69) is 32.7 Å². The summed E-state index contributed by atoms with van der Waals surface area (Å²) >= 11 is 0. The van der Waals surface area contributed by atoms with Crippen LogP contribution in [-0.2, 0) is 27.8 Å². The number of aromatic nitrogens is 3. The molecule has 3 heterocycles. The van der Waals surface area contributed by atoms with Crippen LogP contribution in [0, 0.1) is 0 Å². The van der Waals surface area contributed by atoms with Gasteiger partial charge < -0.3 is 25.4 Å². The van der Waals surface area contributed by atoms with Crippen LogP contribution in [0.2, 0.25) is 0 Å². The molecule has 9 nitrogen and oxygen atoms in total. The molecule has 0 bridgehead atoms. The average molecular weight is 531 g/mol. The highest BCUT2D eigenvalue weighted by molar-refractivity contribution is 5.76. The second kappa shape index (κ2) is 14.3. The molecule has 2 aromatic heterocycles. The Bertz CT molecular complexity index is 1030. The van der Waals surface area contributed by atoms with Crippen LogP contribution in [0.15, 0.2) is 24.5 Å². The number of carboxylic acid groups (broad SMARTS) is 1. The van der Waals surface area contributed by atoms with E-state index < -0.39 is 18.2 Å². The van der Waals surface area contributed by atoms with Gasteiger partial charge in [-0.3, -0.25) is 0 Å². The quantitative estimate of drug-likeness (QED) is 0.293.